The Hall–Kier alpha value is -1.00. The van der Waals surface area contributed by atoms with Crippen molar-refractivity contribution in [1.29, 1.82) is 0 Å². The summed E-state index contributed by atoms with van der Waals surface area (Å²) in [6, 6.07) is 5.13. The fourth-order valence-electron chi connectivity index (χ4n) is 1.69. The summed E-state index contributed by atoms with van der Waals surface area (Å²) in [5.41, 5.74) is 1.44. The summed E-state index contributed by atoms with van der Waals surface area (Å²) in [4.78, 5) is 0.224. The molecule has 1 aromatic carbocycles. The summed E-state index contributed by atoms with van der Waals surface area (Å²) in [6.07, 6.45) is 2.27. The molecule has 0 heterocycles. The van der Waals surface area contributed by atoms with Gasteiger partial charge in [-0.25, -0.2) is 12.7 Å². The van der Waals surface area contributed by atoms with Gasteiger partial charge in [0.25, 0.3) is 0 Å². The molecular formula is C15H21NO3S2. The molecule has 0 aliphatic carbocycles. The highest BCUT2D eigenvalue weighted by Gasteiger charge is 2.23. The van der Waals surface area contributed by atoms with Crippen LogP contribution >= 0.6 is 11.8 Å². The summed E-state index contributed by atoms with van der Waals surface area (Å²) >= 11 is 1.60. The van der Waals surface area contributed by atoms with Crippen LogP contribution in [0.15, 0.2) is 23.1 Å². The zero-order valence-corrected chi connectivity index (χ0v) is 14.2. The lowest BCUT2D eigenvalue weighted by Gasteiger charge is -2.18. The highest BCUT2D eigenvalue weighted by Crippen LogP contribution is 2.20. The van der Waals surface area contributed by atoms with E-state index in [0.29, 0.717) is 18.5 Å². The zero-order valence-electron chi connectivity index (χ0n) is 12.6. The molecule has 1 N–H and O–H groups in total. The molecule has 1 aromatic rings. The molecule has 1 rings (SSSR count). The van der Waals surface area contributed by atoms with Crippen LogP contribution in [-0.2, 0) is 10.0 Å². The molecule has 6 heteroatoms. The zero-order chi connectivity index (χ0) is 15.9. The number of aryl methyl sites for hydroxylation is 1. The van der Waals surface area contributed by atoms with Crippen LogP contribution in [0.5, 0.6) is 0 Å². The van der Waals surface area contributed by atoms with E-state index in [-0.39, 0.29) is 11.5 Å². The van der Waals surface area contributed by atoms with Crippen molar-refractivity contribution in [3.63, 3.8) is 0 Å². The van der Waals surface area contributed by atoms with Crippen molar-refractivity contribution in [2.45, 2.75) is 18.2 Å². The van der Waals surface area contributed by atoms with E-state index in [1.807, 2.05) is 13.2 Å². The molecule has 0 amide bonds. The minimum atomic E-state index is -3.54. The Morgan fingerprint density at radius 2 is 2.10 bits per heavy atom. The smallest absolute Gasteiger partial charge is 0.244 e. The van der Waals surface area contributed by atoms with E-state index >= 15 is 0 Å². The largest absolute Gasteiger partial charge is 0.395 e. The first kappa shape index (κ1) is 18.1. The van der Waals surface area contributed by atoms with Crippen LogP contribution in [0.3, 0.4) is 0 Å². The first-order valence-electron chi connectivity index (χ1n) is 6.59. The van der Waals surface area contributed by atoms with E-state index in [1.165, 1.54) is 4.31 Å². The van der Waals surface area contributed by atoms with E-state index in [4.69, 9.17) is 5.11 Å². The van der Waals surface area contributed by atoms with Gasteiger partial charge in [-0.2, -0.15) is 11.8 Å². The maximum Gasteiger partial charge on any atom is 0.244 e. The molecule has 0 bridgehead atoms. The lowest BCUT2D eigenvalue weighted by molar-refractivity contribution is 0.305. The highest BCUT2D eigenvalue weighted by atomic mass is 32.2. The van der Waals surface area contributed by atoms with Gasteiger partial charge < -0.3 is 5.11 Å². The van der Waals surface area contributed by atoms with Gasteiger partial charge in [-0.1, -0.05) is 17.9 Å². The van der Waals surface area contributed by atoms with Gasteiger partial charge in [-0.05, 0) is 30.9 Å². The van der Waals surface area contributed by atoms with Crippen LogP contribution in [0.25, 0.3) is 0 Å². The Morgan fingerprint density at radius 3 is 2.71 bits per heavy atom. The van der Waals surface area contributed by atoms with Crippen molar-refractivity contribution >= 4 is 21.8 Å². The molecule has 0 aliphatic rings. The third kappa shape index (κ3) is 5.04. The third-order valence-corrected chi connectivity index (χ3v) is 5.40. The number of sulfonamides is 1. The molecule has 0 atom stereocenters. The second-order valence-corrected chi connectivity index (χ2v) is 7.59. The maximum atomic E-state index is 12.6. The van der Waals surface area contributed by atoms with Gasteiger partial charge in [0.2, 0.25) is 10.0 Å². The van der Waals surface area contributed by atoms with Crippen LogP contribution in [0.1, 0.15) is 17.5 Å². The molecule has 116 valence electrons. The number of nitrogens with zero attached hydrogens (tertiary/aromatic N) is 1. The van der Waals surface area contributed by atoms with Gasteiger partial charge in [0.15, 0.2) is 0 Å². The number of thioether (sulfide) groups is 1. The molecule has 0 aliphatic heterocycles. The lowest BCUT2D eigenvalue weighted by Crippen LogP contribution is -2.29. The van der Waals surface area contributed by atoms with Gasteiger partial charge in [0, 0.05) is 31.3 Å². The topological polar surface area (TPSA) is 57.6 Å². The first-order valence-corrected chi connectivity index (χ1v) is 9.42. The highest BCUT2D eigenvalue weighted by molar-refractivity contribution is 7.98. The van der Waals surface area contributed by atoms with Crippen molar-refractivity contribution in [2.24, 2.45) is 0 Å². The van der Waals surface area contributed by atoms with Gasteiger partial charge >= 0.3 is 0 Å². The van der Waals surface area contributed by atoms with Crippen molar-refractivity contribution in [1.82, 2.24) is 4.31 Å². The Bertz CT molecular complexity index is 630. The summed E-state index contributed by atoms with van der Waals surface area (Å²) in [5, 5.41) is 8.78. The molecule has 4 nitrogen and oxygen atoms in total. The van der Waals surface area contributed by atoms with Crippen LogP contribution in [-0.4, -0.2) is 50.0 Å². The number of hydrogen-bond acceptors (Lipinski definition) is 4. The Kier molecular flexibility index (Phi) is 7.26. The number of hydrogen-bond donors (Lipinski definition) is 1. The average molecular weight is 327 g/mol. The lowest BCUT2D eigenvalue weighted by atomic mass is 10.1. The third-order valence-electron chi connectivity index (χ3n) is 2.89. The molecule has 0 aromatic heterocycles. The quantitative estimate of drug-likeness (QED) is 0.808. The van der Waals surface area contributed by atoms with Crippen LogP contribution in [0.2, 0.25) is 0 Å². The van der Waals surface area contributed by atoms with Crippen LogP contribution in [0, 0.1) is 18.8 Å². The monoisotopic (exact) mass is 327 g/mol. The van der Waals surface area contributed by atoms with E-state index < -0.39 is 10.0 Å². The molecule has 21 heavy (non-hydrogen) atoms. The maximum absolute atomic E-state index is 12.6. The fourth-order valence-corrected chi connectivity index (χ4v) is 3.56. The fraction of sp³-hybridized carbons (Fsp3) is 0.467. The van der Waals surface area contributed by atoms with Gasteiger partial charge in [0.05, 0.1) is 11.5 Å². The molecule has 0 radical (unpaired) electrons. The summed E-state index contributed by atoms with van der Waals surface area (Å²) < 4.78 is 26.6. The first-order chi connectivity index (χ1) is 9.93. The van der Waals surface area contributed by atoms with Crippen molar-refractivity contribution < 1.29 is 13.5 Å². The van der Waals surface area contributed by atoms with Gasteiger partial charge in [-0.3, -0.25) is 0 Å². The second-order valence-electron chi connectivity index (χ2n) is 4.59. The van der Waals surface area contributed by atoms with Crippen LogP contribution in [0.4, 0.5) is 0 Å². The minimum absolute atomic E-state index is 0.0332. The average Bonchev–Trinajstić information content (AvgIpc) is 2.44. The number of benzene rings is 1. The predicted molar refractivity (Wildman–Crippen MR) is 88.0 cm³/mol. The minimum Gasteiger partial charge on any atom is -0.395 e. The van der Waals surface area contributed by atoms with Gasteiger partial charge in [-0.15, -0.1) is 0 Å². The van der Waals surface area contributed by atoms with Crippen molar-refractivity contribution in [2.75, 3.05) is 32.2 Å². The molecule has 0 spiro atoms. The van der Waals surface area contributed by atoms with E-state index in [0.717, 1.165) is 11.3 Å². The molecule has 0 saturated carbocycles. The van der Waals surface area contributed by atoms with E-state index in [9.17, 15) is 8.42 Å². The SMILES string of the molecule is CSCCN(C)S(=O)(=O)c1ccc(C)cc1C#CCCO. The Labute approximate surface area is 131 Å². The standard InChI is InChI=1S/C15H21NO3S2/c1-13-7-8-15(14(12-13)6-4-5-10-17)21(18,19)16(2)9-11-20-3/h7-8,12,17H,5,9-11H2,1-3H3. The second kappa shape index (κ2) is 8.44. The summed E-state index contributed by atoms with van der Waals surface area (Å²) in [7, 11) is -1.96. The van der Waals surface area contributed by atoms with E-state index in [2.05, 4.69) is 11.8 Å². The Morgan fingerprint density at radius 1 is 1.38 bits per heavy atom. The number of rotatable bonds is 6. The normalized spacial score (nSPS) is 11.3. The molecular weight excluding hydrogens is 306 g/mol. The number of aliphatic hydroxyl groups excluding tert-OH is 1. The molecule has 0 fully saturated rings. The number of aliphatic hydroxyl groups is 1. The summed E-state index contributed by atoms with van der Waals surface area (Å²) in [5.74, 6) is 6.38. The summed E-state index contributed by atoms with van der Waals surface area (Å²) in [6.45, 7) is 2.32. The molecule has 0 unspecified atom stereocenters. The van der Waals surface area contributed by atoms with Crippen molar-refractivity contribution in [3.05, 3.63) is 29.3 Å². The predicted octanol–water partition coefficient (Wildman–Crippen LogP) is 1.71. The van der Waals surface area contributed by atoms with E-state index in [1.54, 1.807) is 37.0 Å². The van der Waals surface area contributed by atoms with Crippen molar-refractivity contribution in [3.8, 4) is 11.8 Å². The Balaban J connectivity index is 3.20. The molecule has 0 saturated heterocycles. The van der Waals surface area contributed by atoms with Crippen LogP contribution < -0.4 is 0 Å². The van der Waals surface area contributed by atoms with Gasteiger partial charge in [0.1, 0.15) is 0 Å².